The summed E-state index contributed by atoms with van der Waals surface area (Å²) in [5.74, 6) is 0.741. The van der Waals surface area contributed by atoms with Gasteiger partial charge < -0.3 is 15.0 Å². The van der Waals surface area contributed by atoms with Crippen molar-refractivity contribution in [1.82, 2.24) is 5.32 Å². The number of nitrogens with zero attached hydrogens (tertiary/aromatic N) is 2. The molecule has 1 fully saturated rings. The standard InChI is InChI=1S/C21H25N3O4/c1-16-6-8-18(9-7-16)28-15-12-22-21(25)17-10-13-23(14-11-17)19-4-2-3-5-20(19)24(26)27/h2-9,17H,10-15H2,1H3,(H,22,25). The number of hydrogen-bond acceptors (Lipinski definition) is 5. The van der Waals surface area contributed by atoms with Crippen molar-refractivity contribution in [2.24, 2.45) is 5.92 Å². The third-order valence-electron chi connectivity index (χ3n) is 4.98. The number of carbonyl (C=O) groups excluding carboxylic acids is 1. The predicted molar refractivity (Wildman–Crippen MR) is 108 cm³/mol. The SMILES string of the molecule is Cc1ccc(OCCNC(=O)C2CCN(c3ccccc3[N+](=O)[O-])CC2)cc1. The Balaban J connectivity index is 1.42. The van der Waals surface area contributed by atoms with Gasteiger partial charge in [-0.25, -0.2) is 0 Å². The number of aryl methyl sites for hydroxylation is 1. The topological polar surface area (TPSA) is 84.7 Å². The number of para-hydroxylation sites is 2. The second-order valence-corrected chi connectivity index (χ2v) is 6.96. The van der Waals surface area contributed by atoms with Crippen LogP contribution in [-0.4, -0.2) is 37.1 Å². The number of benzene rings is 2. The number of anilines is 1. The van der Waals surface area contributed by atoms with Crippen LogP contribution in [0, 0.1) is 23.0 Å². The molecule has 1 saturated heterocycles. The lowest BCUT2D eigenvalue weighted by Gasteiger charge is -2.32. The Bertz CT molecular complexity index is 815. The molecular formula is C21H25N3O4. The molecule has 0 saturated carbocycles. The third-order valence-corrected chi connectivity index (χ3v) is 4.98. The van der Waals surface area contributed by atoms with Gasteiger partial charge in [-0.1, -0.05) is 29.8 Å². The van der Waals surface area contributed by atoms with E-state index < -0.39 is 0 Å². The van der Waals surface area contributed by atoms with E-state index in [0.717, 1.165) is 5.75 Å². The highest BCUT2D eigenvalue weighted by atomic mass is 16.6. The Morgan fingerprint density at radius 2 is 1.86 bits per heavy atom. The van der Waals surface area contributed by atoms with Gasteiger partial charge in [0.1, 0.15) is 18.0 Å². The maximum Gasteiger partial charge on any atom is 0.292 e. The van der Waals surface area contributed by atoms with Crippen LogP contribution in [0.15, 0.2) is 48.5 Å². The number of nitro groups is 1. The number of carbonyl (C=O) groups is 1. The number of hydrogen-bond donors (Lipinski definition) is 1. The molecule has 0 atom stereocenters. The zero-order valence-electron chi connectivity index (χ0n) is 16.0. The second kappa shape index (κ2) is 9.21. The number of ether oxygens (including phenoxy) is 1. The summed E-state index contributed by atoms with van der Waals surface area (Å²) in [4.78, 5) is 25.2. The maximum absolute atomic E-state index is 12.4. The molecule has 148 valence electrons. The van der Waals surface area contributed by atoms with Gasteiger partial charge in [0, 0.05) is 25.1 Å². The third kappa shape index (κ3) is 5.00. The highest BCUT2D eigenvalue weighted by molar-refractivity contribution is 5.79. The summed E-state index contributed by atoms with van der Waals surface area (Å²) in [5, 5.41) is 14.1. The van der Waals surface area contributed by atoms with Crippen molar-refractivity contribution in [1.29, 1.82) is 0 Å². The van der Waals surface area contributed by atoms with Crippen molar-refractivity contribution in [2.45, 2.75) is 19.8 Å². The summed E-state index contributed by atoms with van der Waals surface area (Å²) in [6.07, 6.45) is 1.35. The van der Waals surface area contributed by atoms with Crippen LogP contribution in [0.25, 0.3) is 0 Å². The second-order valence-electron chi connectivity index (χ2n) is 6.96. The lowest BCUT2D eigenvalue weighted by atomic mass is 9.95. The molecule has 0 aliphatic carbocycles. The molecule has 0 spiro atoms. The molecule has 1 amide bonds. The molecule has 0 unspecified atom stereocenters. The fourth-order valence-corrected chi connectivity index (χ4v) is 3.39. The summed E-state index contributed by atoms with van der Waals surface area (Å²) in [5.41, 5.74) is 1.91. The number of rotatable bonds is 7. The highest BCUT2D eigenvalue weighted by Crippen LogP contribution is 2.31. The van der Waals surface area contributed by atoms with Crippen molar-refractivity contribution >= 4 is 17.3 Å². The van der Waals surface area contributed by atoms with Crippen molar-refractivity contribution < 1.29 is 14.5 Å². The van der Waals surface area contributed by atoms with E-state index in [2.05, 4.69) is 5.32 Å². The van der Waals surface area contributed by atoms with E-state index in [1.165, 1.54) is 11.6 Å². The number of nitro benzene ring substituents is 1. The molecule has 1 N–H and O–H groups in total. The van der Waals surface area contributed by atoms with Crippen LogP contribution in [0.5, 0.6) is 5.75 Å². The van der Waals surface area contributed by atoms with Gasteiger partial charge >= 0.3 is 0 Å². The predicted octanol–water partition coefficient (Wildman–Crippen LogP) is 3.31. The highest BCUT2D eigenvalue weighted by Gasteiger charge is 2.27. The molecule has 28 heavy (non-hydrogen) atoms. The molecule has 2 aromatic carbocycles. The first kappa shape index (κ1) is 19.7. The van der Waals surface area contributed by atoms with Gasteiger partial charge in [0.2, 0.25) is 5.91 Å². The van der Waals surface area contributed by atoms with Crippen molar-refractivity contribution in [2.75, 3.05) is 31.1 Å². The van der Waals surface area contributed by atoms with E-state index >= 15 is 0 Å². The molecule has 0 bridgehead atoms. The number of piperidine rings is 1. The quantitative estimate of drug-likeness (QED) is 0.450. The fraction of sp³-hybridized carbons (Fsp3) is 0.381. The van der Waals surface area contributed by atoms with Crippen molar-refractivity contribution in [3.8, 4) is 5.75 Å². The summed E-state index contributed by atoms with van der Waals surface area (Å²) in [6, 6.07) is 14.5. The Hall–Kier alpha value is -3.09. The molecule has 7 heteroatoms. The Kier molecular flexibility index (Phi) is 6.47. The van der Waals surface area contributed by atoms with Crippen LogP contribution in [0.4, 0.5) is 11.4 Å². The zero-order valence-corrected chi connectivity index (χ0v) is 16.0. The fourth-order valence-electron chi connectivity index (χ4n) is 3.39. The van der Waals surface area contributed by atoms with Crippen LogP contribution < -0.4 is 15.0 Å². The van der Waals surface area contributed by atoms with Crippen LogP contribution in [-0.2, 0) is 4.79 Å². The first-order valence-corrected chi connectivity index (χ1v) is 9.50. The summed E-state index contributed by atoms with van der Waals surface area (Å²) in [7, 11) is 0. The minimum atomic E-state index is -0.359. The van der Waals surface area contributed by atoms with Gasteiger partial charge in [-0.3, -0.25) is 14.9 Å². The molecule has 1 heterocycles. The van der Waals surface area contributed by atoms with E-state index in [0.29, 0.717) is 44.8 Å². The van der Waals surface area contributed by atoms with Crippen LogP contribution >= 0.6 is 0 Å². The maximum atomic E-state index is 12.4. The van der Waals surface area contributed by atoms with Crippen LogP contribution in [0.3, 0.4) is 0 Å². The van der Waals surface area contributed by atoms with Crippen LogP contribution in [0.1, 0.15) is 18.4 Å². The minimum Gasteiger partial charge on any atom is -0.492 e. The lowest BCUT2D eigenvalue weighted by molar-refractivity contribution is -0.384. The van der Waals surface area contributed by atoms with Crippen molar-refractivity contribution in [3.63, 3.8) is 0 Å². The number of nitrogens with one attached hydrogen (secondary N) is 1. The van der Waals surface area contributed by atoms with Crippen molar-refractivity contribution in [3.05, 3.63) is 64.2 Å². The largest absolute Gasteiger partial charge is 0.492 e. The monoisotopic (exact) mass is 383 g/mol. The molecule has 7 nitrogen and oxygen atoms in total. The average Bonchev–Trinajstić information content (AvgIpc) is 2.72. The Morgan fingerprint density at radius 3 is 2.54 bits per heavy atom. The van der Waals surface area contributed by atoms with Gasteiger partial charge in [-0.2, -0.15) is 0 Å². The molecule has 3 rings (SSSR count). The van der Waals surface area contributed by atoms with Gasteiger partial charge in [0.15, 0.2) is 0 Å². The van der Waals surface area contributed by atoms with E-state index in [1.807, 2.05) is 36.1 Å². The summed E-state index contributed by atoms with van der Waals surface area (Å²) >= 11 is 0. The lowest BCUT2D eigenvalue weighted by Crippen LogP contribution is -2.41. The van der Waals surface area contributed by atoms with Gasteiger partial charge in [-0.05, 0) is 38.0 Å². The van der Waals surface area contributed by atoms with E-state index in [4.69, 9.17) is 4.74 Å². The summed E-state index contributed by atoms with van der Waals surface area (Å²) < 4.78 is 5.62. The molecular weight excluding hydrogens is 358 g/mol. The Morgan fingerprint density at radius 1 is 1.18 bits per heavy atom. The van der Waals surface area contributed by atoms with Gasteiger partial charge in [-0.15, -0.1) is 0 Å². The molecule has 1 aliphatic rings. The molecule has 1 aliphatic heterocycles. The molecule has 2 aromatic rings. The number of amides is 1. The first-order chi connectivity index (χ1) is 13.5. The normalized spacial score (nSPS) is 14.5. The van der Waals surface area contributed by atoms with Crippen LogP contribution in [0.2, 0.25) is 0 Å². The van der Waals surface area contributed by atoms with Gasteiger partial charge in [0.25, 0.3) is 5.69 Å². The first-order valence-electron chi connectivity index (χ1n) is 9.50. The Labute approximate surface area is 164 Å². The molecule has 0 aromatic heterocycles. The zero-order chi connectivity index (χ0) is 19.9. The van der Waals surface area contributed by atoms with E-state index in [-0.39, 0.29) is 22.4 Å². The smallest absolute Gasteiger partial charge is 0.292 e. The van der Waals surface area contributed by atoms with E-state index in [1.54, 1.807) is 18.2 Å². The average molecular weight is 383 g/mol. The summed E-state index contributed by atoms with van der Waals surface area (Å²) in [6.45, 7) is 4.15. The molecule has 0 radical (unpaired) electrons. The minimum absolute atomic E-state index is 0.0229. The van der Waals surface area contributed by atoms with E-state index in [9.17, 15) is 14.9 Å². The van der Waals surface area contributed by atoms with Gasteiger partial charge in [0.05, 0.1) is 11.5 Å².